The summed E-state index contributed by atoms with van der Waals surface area (Å²) in [5.74, 6) is 1.51. The van der Waals surface area contributed by atoms with E-state index in [1.54, 1.807) is 17.5 Å². The first kappa shape index (κ1) is 20.0. The summed E-state index contributed by atoms with van der Waals surface area (Å²) in [7, 11) is 0. The van der Waals surface area contributed by atoms with E-state index < -0.39 is 0 Å². The van der Waals surface area contributed by atoms with E-state index in [9.17, 15) is 4.79 Å². The van der Waals surface area contributed by atoms with Crippen LogP contribution in [0.25, 0.3) is 32.7 Å². The maximum absolute atomic E-state index is 13.1. The second-order valence-electron chi connectivity index (χ2n) is 7.63. The molecule has 5 aromatic rings. The van der Waals surface area contributed by atoms with Gasteiger partial charge < -0.3 is 9.47 Å². The van der Waals surface area contributed by atoms with E-state index in [2.05, 4.69) is 31.2 Å². The predicted molar refractivity (Wildman–Crippen MR) is 129 cm³/mol. The fraction of sp³-hybridized carbons (Fsp3) is 0.125. The number of hydrogen-bond acceptors (Lipinski definition) is 7. The molecule has 0 saturated heterocycles. The molecule has 33 heavy (non-hydrogen) atoms. The van der Waals surface area contributed by atoms with Crippen molar-refractivity contribution in [2.45, 2.75) is 13.1 Å². The summed E-state index contributed by atoms with van der Waals surface area (Å²) in [6.45, 7) is 1.66. The Morgan fingerprint density at radius 2 is 1.82 bits per heavy atom. The quantitative estimate of drug-likeness (QED) is 0.375. The number of aromatic nitrogens is 5. The van der Waals surface area contributed by atoms with E-state index >= 15 is 0 Å². The average molecular weight is 471 g/mol. The molecule has 0 fully saturated rings. The van der Waals surface area contributed by atoms with Gasteiger partial charge in [0.25, 0.3) is 5.91 Å². The van der Waals surface area contributed by atoms with Gasteiger partial charge in [-0.25, -0.2) is 4.98 Å². The fourth-order valence-electron chi connectivity index (χ4n) is 3.91. The lowest BCUT2D eigenvalue weighted by Gasteiger charge is -2.27. The summed E-state index contributed by atoms with van der Waals surface area (Å²) >= 11 is 3.23. The number of pyridine rings is 1. The molecule has 1 aromatic carbocycles. The number of hydrogen-bond donors (Lipinski definition) is 0. The van der Waals surface area contributed by atoms with E-state index in [1.807, 2.05) is 58.8 Å². The van der Waals surface area contributed by atoms with Crippen molar-refractivity contribution in [1.29, 1.82) is 0 Å². The topological polar surface area (TPSA) is 76.8 Å². The Kier molecular flexibility index (Phi) is 5.04. The lowest BCUT2D eigenvalue weighted by atomic mass is 10.1. The van der Waals surface area contributed by atoms with Crippen molar-refractivity contribution in [3.05, 3.63) is 82.9 Å². The van der Waals surface area contributed by atoms with Crippen molar-refractivity contribution in [2.24, 2.45) is 0 Å². The molecular formula is C24H18N6OS2. The Labute approximate surface area is 198 Å². The van der Waals surface area contributed by atoms with Gasteiger partial charge in [0, 0.05) is 35.1 Å². The van der Waals surface area contributed by atoms with Gasteiger partial charge in [-0.2, -0.15) is 0 Å². The van der Waals surface area contributed by atoms with Crippen LogP contribution in [0.1, 0.15) is 16.2 Å². The largest absolute Gasteiger partial charge is 0.329 e. The highest BCUT2D eigenvalue weighted by atomic mass is 32.1. The van der Waals surface area contributed by atoms with Crippen molar-refractivity contribution in [3.8, 4) is 32.7 Å². The highest BCUT2D eigenvalue weighted by Gasteiger charge is 2.26. The third-order valence-electron chi connectivity index (χ3n) is 5.60. The molecule has 0 bridgehead atoms. The van der Waals surface area contributed by atoms with Crippen molar-refractivity contribution < 1.29 is 4.79 Å². The number of thiazole rings is 1. The van der Waals surface area contributed by atoms with Crippen LogP contribution in [-0.2, 0) is 13.1 Å². The first-order valence-electron chi connectivity index (χ1n) is 10.5. The van der Waals surface area contributed by atoms with Crippen LogP contribution in [0.5, 0.6) is 0 Å². The van der Waals surface area contributed by atoms with Crippen molar-refractivity contribution >= 4 is 28.6 Å². The van der Waals surface area contributed by atoms with Crippen molar-refractivity contribution in [3.63, 3.8) is 0 Å². The standard InChI is InChI=1S/C24H18N6OS2/c31-24(17-8-6-16(7-9-17)20-5-3-13-32-20)29-11-12-30-21(14-29)27-28-22(30)19-15-33-23(26-19)18-4-1-2-10-25-18/h1-10,13,15H,11-12,14H2. The Bertz CT molecular complexity index is 1410. The van der Waals surface area contributed by atoms with E-state index in [0.29, 0.717) is 25.2 Å². The number of carbonyl (C=O) groups excluding carboxylic acids is 1. The zero-order valence-corrected chi connectivity index (χ0v) is 19.1. The Morgan fingerprint density at radius 1 is 0.909 bits per heavy atom. The van der Waals surface area contributed by atoms with Gasteiger partial charge in [0.2, 0.25) is 0 Å². The monoisotopic (exact) mass is 470 g/mol. The smallest absolute Gasteiger partial charge is 0.254 e. The Morgan fingerprint density at radius 3 is 2.61 bits per heavy atom. The minimum atomic E-state index is 0.00891. The highest BCUT2D eigenvalue weighted by molar-refractivity contribution is 7.13. The summed E-state index contributed by atoms with van der Waals surface area (Å²) in [6.07, 6.45) is 1.76. The van der Waals surface area contributed by atoms with Gasteiger partial charge in [-0.3, -0.25) is 9.78 Å². The van der Waals surface area contributed by atoms with E-state index in [0.717, 1.165) is 33.6 Å². The van der Waals surface area contributed by atoms with Gasteiger partial charge >= 0.3 is 0 Å². The molecule has 0 spiro atoms. The van der Waals surface area contributed by atoms with Gasteiger partial charge in [-0.15, -0.1) is 32.9 Å². The maximum atomic E-state index is 13.1. The number of fused-ring (bicyclic) bond motifs is 1. The average Bonchev–Trinajstić information content (AvgIpc) is 3.64. The van der Waals surface area contributed by atoms with Crippen LogP contribution in [0.2, 0.25) is 0 Å². The normalized spacial score (nSPS) is 13.2. The third-order valence-corrected chi connectivity index (χ3v) is 7.38. The number of amides is 1. The van der Waals surface area contributed by atoms with Crippen LogP contribution < -0.4 is 0 Å². The first-order chi connectivity index (χ1) is 16.3. The molecule has 0 unspecified atom stereocenters. The molecule has 0 N–H and O–H groups in total. The third kappa shape index (κ3) is 3.75. The number of thiophene rings is 1. The SMILES string of the molecule is O=C(c1ccc(-c2cccs2)cc1)N1CCn2c(nnc2-c2csc(-c3ccccn3)n2)C1. The first-order valence-corrected chi connectivity index (χ1v) is 12.2. The summed E-state index contributed by atoms with van der Waals surface area (Å²) in [4.78, 5) is 25.2. The molecule has 0 aliphatic carbocycles. The van der Waals surface area contributed by atoms with Gasteiger partial charge in [0.15, 0.2) is 11.6 Å². The lowest BCUT2D eigenvalue weighted by Crippen LogP contribution is -2.38. The maximum Gasteiger partial charge on any atom is 0.254 e. The molecule has 0 radical (unpaired) electrons. The molecular weight excluding hydrogens is 452 g/mol. The van der Waals surface area contributed by atoms with Gasteiger partial charge in [0.1, 0.15) is 10.7 Å². The minimum absolute atomic E-state index is 0.00891. The second-order valence-corrected chi connectivity index (χ2v) is 9.43. The number of nitrogens with zero attached hydrogens (tertiary/aromatic N) is 6. The molecule has 7 nitrogen and oxygen atoms in total. The molecule has 1 aliphatic rings. The van der Waals surface area contributed by atoms with Crippen molar-refractivity contribution in [2.75, 3.05) is 6.54 Å². The van der Waals surface area contributed by atoms with Crippen LogP contribution >= 0.6 is 22.7 Å². The van der Waals surface area contributed by atoms with Crippen LogP contribution in [0.3, 0.4) is 0 Å². The number of rotatable bonds is 4. The molecule has 162 valence electrons. The Balaban J connectivity index is 1.20. The van der Waals surface area contributed by atoms with E-state index in [-0.39, 0.29) is 5.91 Å². The molecule has 4 aromatic heterocycles. The summed E-state index contributed by atoms with van der Waals surface area (Å²) < 4.78 is 2.06. The predicted octanol–water partition coefficient (Wildman–Crippen LogP) is 4.85. The molecule has 6 rings (SSSR count). The fourth-order valence-corrected chi connectivity index (χ4v) is 5.41. The van der Waals surface area contributed by atoms with Crippen LogP contribution in [0, 0.1) is 0 Å². The summed E-state index contributed by atoms with van der Waals surface area (Å²) in [5.41, 5.74) is 3.43. The molecule has 0 atom stereocenters. The van der Waals surface area contributed by atoms with Crippen molar-refractivity contribution in [1.82, 2.24) is 29.6 Å². The van der Waals surface area contributed by atoms with E-state index in [1.165, 1.54) is 16.2 Å². The zero-order chi connectivity index (χ0) is 22.2. The summed E-state index contributed by atoms with van der Waals surface area (Å²) in [5, 5.41) is 13.6. The molecule has 0 saturated carbocycles. The molecule has 1 aliphatic heterocycles. The zero-order valence-electron chi connectivity index (χ0n) is 17.5. The minimum Gasteiger partial charge on any atom is -0.329 e. The van der Waals surface area contributed by atoms with Crippen LogP contribution in [-0.4, -0.2) is 42.1 Å². The van der Waals surface area contributed by atoms with Gasteiger partial charge in [-0.05, 0) is 41.3 Å². The second kappa shape index (κ2) is 8.34. The molecule has 9 heteroatoms. The van der Waals surface area contributed by atoms with Crippen LogP contribution in [0.4, 0.5) is 0 Å². The van der Waals surface area contributed by atoms with E-state index in [4.69, 9.17) is 4.98 Å². The summed E-state index contributed by atoms with van der Waals surface area (Å²) in [6, 6.07) is 17.7. The van der Waals surface area contributed by atoms with Gasteiger partial charge in [-0.1, -0.05) is 24.3 Å². The highest BCUT2D eigenvalue weighted by Crippen LogP contribution is 2.29. The number of carbonyl (C=O) groups is 1. The van der Waals surface area contributed by atoms with Crippen LogP contribution in [0.15, 0.2) is 71.6 Å². The molecule has 5 heterocycles. The lowest BCUT2D eigenvalue weighted by molar-refractivity contribution is 0.0708. The van der Waals surface area contributed by atoms with Gasteiger partial charge in [0.05, 0.1) is 12.2 Å². The Hall–Kier alpha value is -3.69. The number of benzene rings is 1. The molecule has 1 amide bonds.